The summed E-state index contributed by atoms with van der Waals surface area (Å²) in [6.07, 6.45) is 0.797. The first kappa shape index (κ1) is 23.1. The molecule has 32 heavy (non-hydrogen) atoms. The van der Waals surface area contributed by atoms with Crippen molar-refractivity contribution in [3.63, 3.8) is 0 Å². The molecular weight excluding hydrogens is 446 g/mol. The van der Waals surface area contributed by atoms with E-state index in [0.717, 1.165) is 0 Å². The summed E-state index contributed by atoms with van der Waals surface area (Å²) in [5, 5.41) is 16.4. The second kappa shape index (κ2) is 9.74. The predicted molar refractivity (Wildman–Crippen MR) is 112 cm³/mol. The quantitative estimate of drug-likeness (QED) is 0.307. The average Bonchev–Trinajstić information content (AvgIpc) is 3.06. The van der Waals surface area contributed by atoms with Gasteiger partial charge in [0.2, 0.25) is 0 Å². The first-order valence-corrected chi connectivity index (χ1v) is 10.2. The zero-order chi connectivity index (χ0) is 23.3. The van der Waals surface area contributed by atoms with Crippen molar-refractivity contribution in [3.8, 4) is 11.8 Å². The van der Waals surface area contributed by atoms with Crippen LogP contribution >= 0.6 is 11.8 Å². The number of amides is 1. The van der Waals surface area contributed by atoms with Crippen molar-refractivity contribution in [1.29, 1.82) is 5.26 Å². The lowest BCUT2D eigenvalue weighted by molar-refractivity contribution is -0.0328. The van der Waals surface area contributed by atoms with Gasteiger partial charge >= 0.3 is 5.51 Å². The van der Waals surface area contributed by atoms with Crippen molar-refractivity contribution in [2.75, 3.05) is 12.3 Å². The van der Waals surface area contributed by atoms with Crippen molar-refractivity contribution in [3.05, 3.63) is 71.2 Å². The Balaban J connectivity index is 1.57. The lowest BCUT2D eigenvalue weighted by Crippen LogP contribution is -2.24. The van der Waals surface area contributed by atoms with Crippen molar-refractivity contribution in [1.82, 2.24) is 15.1 Å². The van der Waals surface area contributed by atoms with Crippen molar-refractivity contribution in [2.24, 2.45) is 0 Å². The van der Waals surface area contributed by atoms with E-state index < -0.39 is 17.2 Å². The molecule has 1 heterocycles. The van der Waals surface area contributed by atoms with Crippen LogP contribution in [-0.4, -0.2) is 27.7 Å². The molecule has 0 aliphatic carbocycles. The van der Waals surface area contributed by atoms with Crippen LogP contribution in [0.15, 0.2) is 53.4 Å². The van der Waals surface area contributed by atoms with Gasteiger partial charge in [-0.1, -0.05) is 0 Å². The number of hydrogen-bond acceptors (Lipinski definition) is 5. The Kier molecular flexibility index (Phi) is 7.05. The van der Waals surface area contributed by atoms with Crippen LogP contribution in [0.2, 0.25) is 0 Å². The van der Waals surface area contributed by atoms with Gasteiger partial charge in [0.15, 0.2) is 0 Å². The monoisotopic (exact) mass is 463 g/mol. The molecule has 0 aliphatic rings. The van der Waals surface area contributed by atoms with Gasteiger partial charge in [-0.2, -0.15) is 23.5 Å². The highest BCUT2D eigenvalue weighted by molar-refractivity contribution is 8.00. The number of nitrogens with two attached hydrogens (primary N) is 1. The summed E-state index contributed by atoms with van der Waals surface area (Å²) < 4.78 is 51.6. The van der Waals surface area contributed by atoms with E-state index in [1.165, 1.54) is 53.2 Å². The van der Waals surface area contributed by atoms with Crippen molar-refractivity contribution < 1.29 is 22.4 Å². The van der Waals surface area contributed by atoms with Gasteiger partial charge in [-0.3, -0.25) is 4.79 Å². The van der Waals surface area contributed by atoms with Crippen molar-refractivity contribution in [2.45, 2.75) is 23.2 Å². The molecule has 0 spiro atoms. The molecule has 166 valence electrons. The Morgan fingerprint density at radius 3 is 2.41 bits per heavy atom. The number of nitrogens with one attached hydrogen (secondary N) is 1. The highest BCUT2D eigenvalue weighted by atomic mass is 32.2. The number of carbonyl (C=O) groups excluding carboxylic acids is 1. The highest BCUT2D eigenvalue weighted by Gasteiger charge is 2.29. The minimum absolute atomic E-state index is 0.00703. The zero-order valence-electron chi connectivity index (χ0n) is 16.5. The van der Waals surface area contributed by atoms with E-state index in [0.29, 0.717) is 24.2 Å². The van der Waals surface area contributed by atoms with Crippen LogP contribution < -0.4 is 11.1 Å². The Morgan fingerprint density at radius 1 is 1.16 bits per heavy atom. The average molecular weight is 463 g/mol. The van der Waals surface area contributed by atoms with Gasteiger partial charge in [0.05, 0.1) is 11.4 Å². The molecule has 6 nitrogen and oxygen atoms in total. The van der Waals surface area contributed by atoms with E-state index in [1.807, 2.05) is 6.07 Å². The van der Waals surface area contributed by atoms with E-state index >= 15 is 0 Å². The largest absolute Gasteiger partial charge is 0.446 e. The summed E-state index contributed by atoms with van der Waals surface area (Å²) in [5.74, 6) is -0.704. The fourth-order valence-electron chi connectivity index (χ4n) is 2.92. The van der Waals surface area contributed by atoms with Gasteiger partial charge < -0.3 is 11.1 Å². The minimum atomic E-state index is -4.39. The number of anilines is 1. The third kappa shape index (κ3) is 5.79. The lowest BCUT2D eigenvalue weighted by atomic mass is 10.1. The maximum Gasteiger partial charge on any atom is 0.446 e. The van der Waals surface area contributed by atoms with Crippen LogP contribution in [0.3, 0.4) is 0 Å². The van der Waals surface area contributed by atoms with Gasteiger partial charge in [0, 0.05) is 17.0 Å². The van der Waals surface area contributed by atoms with Crippen LogP contribution in [0.25, 0.3) is 5.69 Å². The molecule has 1 aromatic heterocycles. The van der Waals surface area contributed by atoms with Gasteiger partial charge in [-0.05, 0) is 73.1 Å². The molecule has 3 aromatic rings. The van der Waals surface area contributed by atoms with Crippen LogP contribution in [0.5, 0.6) is 0 Å². The van der Waals surface area contributed by atoms with E-state index in [-0.39, 0.29) is 40.1 Å². The number of alkyl halides is 3. The molecule has 0 radical (unpaired) electrons. The van der Waals surface area contributed by atoms with E-state index in [2.05, 4.69) is 10.4 Å². The second-order valence-electron chi connectivity index (χ2n) is 6.64. The maximum atomic E-state index is 13.1. The predicted octanol–water partition coefficient (Wildman–Crippen LogP) is 4.44. The number of nitrogens with zero attached hydrogens (tertiary/aromatic N) is 3. The smallest absolute Gasteiger partial charge is 0.382 e. The summed E-state index contributed by atoms with van der Waals surface area (Å²) in [4.78, 5) is 12.2. The van der Waals surface area contributed by atoms with Gasteiger partial charge in [0.25, 0.3) is 5.91 Å². The molecule has 0 bridgehead atoms. The van der Waals surface area contributed by atoms with Crippen LogP contribution in [0.1, 0.15) is 28.0 Å². The Hall–Kier alpha value is -3.52. The van der Waals surface area contributed by atoms with Crippen molar-refractivity contribution >= 4 is 23.5 Å². The highest BCUT2D eigenvalue weighted by Crippen LogP contribution is 2.36. The Labute approximate surface area is 185 Å². The first-order chi connectivity index (χ1) is 15.2. The number of benzene rings is 2. The molecule has 0 saturated heterocycles. The van der Waals surface area contributed by atoms with Gasteiger partial charge in [-0.15, -0.1) is 0 Å². The Morgan fingerprint density at radius 2 is 1.81 bits per heavy atom. The Bertz CT molecular complexity index is 1140. The number of hydrogen-bond donors (Lipinski definition) is 2. The summed E-state index contributed by atoms with van der Waals surface area (Å²) in [6, 6.07) is 12.6. The molecule has 0 saturated carbocycles. The third-order valence-electron chi connectivity index (χ3n) is 4.40. The lowest BCUT2D eigenvalue weighted by Gasteiger charge is -2.07. The SMILES string of the molecule is N#Cc1c(CCCNC(=O)c2ccc(SC(F)(F)F)cc2)nn(-c2ccc(F)cc2)c1N. The number of rotatable bonds is 7. The molecule has 2 aromatic carbocycles. The number of aromatic nitrogens is 2. The molecular formula is C21H17F4N5OS. The van der Waals surface area contributed by atoms with E-state index in [1.54, 1.807) is 0 Å². The van der Waals surface area contributed by atoms with Crippen LogP contribution in [-0.2, 0) is 6.42 Å². The molecule has 3 N–H and O–H groups in total. The molecule has 0 aliphatic heterocycles. The fraction of sp³-hybridized carbons (Fsp3) is 0.190. The summed E-state index contributed by atoms with van der Waals surface area (Å²) in [6.45, 7) is 0.256. The van der Waals surface area contributed by atoms with Crippen LogP contribution in [0.4, 0.5) is 23.4 Å². The molecule has 0 atom stereocenters. The summed E-state index contributed by atoms with van der Waals surface area (Å²) >= 11 is -0.250. The second-order valence-corrected chi connectivity index (χ2v) is 7.78. The molecule has 1 amide bonds. The molecule has 11 heteroatoms. The van der Waals surface area contributed by atoms with Gasteiger partial charge in [0.1, 0.15) is 23.3 Å². The minimum Gasteiger partial charge on any atom is -0.382 e. The van der Waals surface area contributed by atoms with Crippen LogP contribution in [0, 0.1) is 17.1 Å². The third-order valence-corrected chi connectivity index (χ3v) is 5.14. The first-order valence-electron chi connectivity index (χ1n) is 9.35. The maximum absolute atomic E-state index is 13.1. The molecule has 3 rings (SSSR count). The van der Waals surface area contributed by atoms with E-state index in [4.69, 9.17) is 5.73 Å². The molecule has 0 unspecified atom stereocenters. The number of thioether (sulfide) groups is 1. The number of carbonyl (C=O) groups is 1. The molecule has 0 fully saturated rings. The normalized spacial score (nSPS) is 11.2. The number of nitriles is 1. The van der Waals surface area contributed by atoms with Gasteiger partial charge in [-0.25, -0.2) is 9.07 Å². The number of aryl methyl sites for hydroxylation is 1. The van der Waals surface area contributed by atoms with E-state index in [9.17, 15) is 27.6 Å². The topological polar surface area (TPSA) is 96.7 Å². The summed E-state index contributed by atoms with van der Waals surface area (Å²) in [5.41, 5.74) is 3.01. The zero-order valence-corrected chi connectivity index (χ0v) is 17.3. The number of nitrogen functional groups attached to an aromatic ring is 1. The number of halogens is 4. The summed E-state index contributed by atoms with van der Waals surface area (Å²) in [7, 11) is 0. The fourth-order valence-corrected chi connectivity index (χ4v) is 3.46. The standard InChI is InChI=1S/C21H17F4N5OS/c22-14-5-7-15(8-6-14)30-19(27)17(12-26)18(29-30)2-1-11-28-20(31)13-3-9-16(10-4-13)32-21(23,24)25/h3-10H,1-2,11,27H2,(H,28,31).